The van der Waals surface area contributed by atoms with E-state index in [1.807, 2.05) is 24.3 Å². The third-order valence-electron chi connectivity index (χ3n) is 6.28. The van der Waals surface area contributed by atoms with Crippen LogP contribution >= 0.6 is 0 Å². The fraction of sp³-hybridized carbons (Fsp3) is 0.240. The second-order valence-electron chi connectivity index (χ2n) is 7.85. The minimum atomic E-state index is -0.939. The number of carboxylic acids is 1. The van der Waals surface area contributed by atoms with Gasteiger partial charge in [0.15, 0.2) is 11.5 Å². The van der Waals surface area contributed by atoms with Crippen LogP contribution in [0.2, 0.25) is 0 Å². The van der Waals surface area contributed by atoms with E-state index in [1.54, 1.807) is 44.6 Å². The number of fused-ring (bicyclic) bond motifs is 2. The highest BCUT2D eigenvalue weighted by Gasteiger charge is 2.48. The number of hydrogen-bond donors (Lipinski definition) is 2. The summed E-state index contributed by atoms with van der Waals surface area (Å²) in [6, 6.07) is 15.9. The highest BCUT2D eigenvalue weighted by atomic mass is 16.7. The molecule has 0 radical (unpaired) electrons. The van der Waals surface area contributed by atoms with Crippen molar-refractivity contribution in [3.05, 3.63) is 76.9 Å². The molecule has 0 amide bonds. The number of benzene rings is 3. The molecule has 0 fully saturated rings. The van der Waals surface area contributed by atoms with Crippen molar-refractivity contribution >= 4 is 5.97 Å². The summed E-state index contributed by atoms with van der Waals surface area (Å²) in [6.45, 7) is 0.105. The summed E-state index contributed by atoms with van der Waals surface area (Å²) in [4.78, 5) is 12.7. The Morgan fingerprint density at radius 3 is 2.25 bits per heavy atom. The molecule has 1 aliphatic carbocycles. The van der Waals surface area contributed by atoms with E-state index >= 15 is 0 Å². The van der Waals surface area contributed by atoms with Crippen LogP contribution < -0.4 is 18.9 Å². The highest BCUT2D eigenvalue weighted by molar-refractivity contribution is 5.78. The van der Waals surface area contributed by atoms with Crippen LogP contribution in [0.5, 0.6) is 28.7 Å². The van der Waals surface area contributed by atoms with E-state index in [-0.39, 0.29) is 12.5 Å². The van der Waals surface area contributed by atoms with Gasteiger partial charge in [-0.15, -0.1) is 0 Å². The van der Waals surface area contributed by atoms with Gasteiger partial charge in [0.2, 0.25) is 6.79 Å². The maximum atomic E-state index is 12.7. The molecule has 3 unspecified atom stereocenters. The maximum absolute atomic E-state index is 12.7. The Hall–Kier alpha value is -3.87. The van der Waals surface area contributed by atoms with Crippen LogP contribution in [-0.2, 0) is 4.79 Å². The first kappa shape index (κ1) is 20.1. The topological polar surface area (TPSA) is 94.5 Å². The molecule has 32 heavy (non-hydrogen) atoms. The first-order valence-corrected chi connectivity index (χ1v) is 10.2. The molecular formula is C25H22O7. The molecule has 5 rings (SSSR count). The van der Waals surface area contributed by atoms with E-state index in [9.17, 15) is 15.0 Å². The van der Waals surface area contributed by atoms with Gasteiger partial charge >= 0.3 is 5.97 Å². The number of hydrogen-bond acceptors (Lipinski definition) is 6. The van der Waals surface area contributed by atoms with Crippen molar-refractivity contribution in [1.29, 1.82) is 0 Å². The van der Waals surface area contributed by atoms with E-state index in [2.05, 4.69) is 0 Å². The monoisotopic (exact) mass is 434 g/mol. The van der Waals surface area contributed by atoms with Gasteiger partial charge in [0, 0.05) is 23.5 Å². The molecule has 0 bridgehead atoms. The summed E-state index contributed by atoms with van der Waals surface area (Å²) in [6.07, 6.45) is 0. The zero-order valence-corrected chi connectivity index (χ0v) is 17.6. The SMILES string of the molecule is COc1ccc(C2c3cc(O)ccc3C(c3cc4c(cc3OC)OCO4)C2C(=O)O)cc1. The van der Waals surface area contributed by atoms with Gasteiger partial charge in [-0.1, -0.05) is 18.2 Å². The highest BCUT2D eigenvalue weighted by Crippen LogP contribution is 2.56. The molecular weight excluding hydrogens is 412 g/mol. The number of ether oxygens (including phenoxy) is 4. The minimum absolute atomic E-state index is 0.0877. The van der Waals surface area contributed by atoms with Crippen molar-refractivity contribution in [3.63, 3.8) is 0 Å². The van der Waals surface area contributed by atoms with E-state index in [1.165, 1.54) is 0 Å². The van der Waals surface area contributed by atoms with Crippen LogP contribution in [0.3, 0.4) is 0 Å². The number of rotatable bonds is 5. The van der Waals surface area contributed by atoms with Crippen molar-refractivity contribution in [2.45, 2.75) is 11.8 Å². The summed E-state index contributed by atoms with van der Waals surface area (Å²) < 4.78 is 21.9. The van der Waals surface area contributed by atoms with Crippen molar-refractivity contribution < 1.29 is 34.0 Å². The van der Waals surface area contributed by atoms with Crippen LogP contribution in [0.15, 0.2) is 54.6 Å². The largest absolute Gasteiger partial charge is 0.508 e. The van der Waals surface area contributed by atoms with Gasteiger partial charge in [-0.05, 0) is 47.0 Å². The van der Waals surface area contributed by atoms with Gasteiger partial charge in [-0.25, -0.2) is 0 Å². The molecule has 3 aromatic carbocycles. The van der Waals surface area contributed by atoms with Gasteiger partial charge in [-0.2, -0.15) is 0 Å². The predicted octanol–water partition coefficient (Wildman–Crippen LogP) is 4.12. The molecule has 0 spiro atoms. The Balaban J connectivity index is 1.72. The standard InChI is InChI=1S/C25H22O7/c1-29-15-6-3-13(4-7-15)22-17-9-14(26)5-8-16(17)23(24(22)25(27)28)18-10-20-21(32-12-31-20)11-19(18)30-2/h3-11,22-24,26H,12H2,1-2H3,(H,27,28). The average molecular weight is 434 g/mol. The van der Waals surface area contributed by atoms with Crippen LogP contribution in [0.4, 0.5) is 0 Å². The van der Waals surface area contributed by atoms with Crippen LogP contribution in [0.1, 0.15) is 34.1 Å². The Bertz CT molecular complexity index is 1190. The predicted molar refractivity (Wildman–Crippen MR) is 115 cm³/mol. The summed E-state index contributed by atoms with van der Waals surface area (Å²) >= 11 is 0. The van der Waals surface area contributed by atoms with Crippen LogP contribution in [0, 0.1) is 5.92 Å². The zero-order valence-electron chi connectivity index (χ0n) is 17.6. The zero-order chi connectivity index (χ0) is 22.4. The summed E-state index contributed by atoms with van der Waals surface area (Å²) in [5, 5.41) is 20.6. The van der Waals surface area contributed by atoms with E-state index in [0.717, 1.165) is 16.7 Å². The quantitative estimate of drug-likeness (QED) is 0.624. The second-order valence-corrected chi connectivity index (χ2v) is 7.85. The van der Waals surface area contributed by atoms with Gasteiger partial charge in [0.25, 0.3) is 0 Å². The molecule has 0 aromatic heterocycles. The van der Waals surface area contributed by atoms with Gasteiger partial charge in [-0.3, -0.25) is 4.79 Å². The fourth-order valence-corrected chi connectivity index (χ4v) is 4.90. The van der Waals surface area contributed by atoms with E-state index < -0.39 is 23.7 Å². The molecule has 0 saturated heterocycles. The molecule has 164 valence electrons. The molecule has 2 aliphatic rings. The number of aliphatic carboxylic acids is 1. The Labute approximate surface area is 184 Å². The number of aromatic hydroxyl groups is 1. The van der Waals surface area contributed by atoms with Crippen molar-refractivity contribution in [3.8, 4) is 28.7 Å². The third-order valence-corrected chi connectivity index (χ3v) is 6.28. The van der Waals surface area contributed by atoms with E-state index in [4.69, 9.17) is 18.9 Å². The van der Waals surface area contributed by atoms with Crippen molar-refractivity contribution in [2.24, 2.45) is 5.92 Å². The Morgan fingerprint density at radius 1 is 0.875 bits per heavy atom. The summed E-state index contributed by atoms with van der Waals surface area (Å²) in [5.74, 6) is -0.333. The Morgan fingerprint density at radius 2 is 1.59 bits per heavy atom. The minimum Gasteiger partial charge on any atom is -0.508 e. The lowest BCUT2D eigenvalue weighted by molar-refractivity contribution is -0.142. The normalized spacial score (nSPS) is 20.6. The number of phenolic OH excluding ortho intramolecular Hbond substituents is 1. The first-order valence-electron chi connectivity index (χ1n) is 10.2. The molecule has 1 aliphatic heterocycles. The lowest BCUT2D eigenvalue weighted by atomic mass is 9.79. The first-order chi connectivity index (χ1) is 15.5. The molecule has 1 heterocycles. The van der Waals surface area contributed by atoms with Gasteiger partial charge in [0.1, 0.15) is 17.2 Å². The van der Waals surface area contributed by atoms with Crippen molar-refractivity contribution in [2.75, 3.05) is 21.0 Å². The maximum Gasteiger partial charge on any atom is 0.308 e. The summed E-state index contributed by atoms with van der Waals surface area (Å²) in [7, 11) is 3.13. The second kappa shape index (κ2) is 7.67. The number of carbonyl (C=O) groups is 1. The third kappa shape index (κ3) is 3.09. The average Bonchev–Trinajstić information content (AvgIpc) is 3.39. The Kier molecular flexibility index (Phi) is 4.81. The molecule has 7 nitrogen and oxygen atoms in total. The summed E-state index contributed by atoms with van der Waals surface area (Å²) in [5.41, 5.74) is 3.12. The molecule has 7 heteroatoms. The van der Waals surface area contributed by atoms with E-state index in [0.29, 0.717) is 28.6 Å². The van der Waals surface area contributed by atoms with Gasteiger partial charge in [0.05, 0.1) is 20.1 Å². The number of methoxy groups -OCH3 is 2. The lowest BCUT2D eigenvalue weighted by Gasteiger charge is -2.24. The lowest BCUT2D eigenvalue weighted by Crippen LogP contribution is -2.24. The number of phenols is 1. The molecule has 3 atom stereocenters. The fourth-order valence-electron chi connectivity index (χ4n) is 4.90. The van der Waals surface area contributed by atoms with Gasteiger partial charge < -0.3 is 29.2 Å². The van der Waals surface area contributed by atoms with Crippen molar-refractivity contribution in [1.82, 2.24) is 0 Å². The molecule has 3 aromatic rings. The molecule has 2 N–H and O–H groups in total. The number of carboxylic acid groups (broad SMARTS) is 1. The molecule has 0 saturated carbocycles. The van der Waals surface area contributed by atoms with Crippen LogP contribution in [0.25, 0.3) is 0 Å². The smallest absolute Gasteiger partial charge is 0.308 e. The van der Waals surface area contributed by atoms with Crippen LogP contribution in [-0.4, -0.2) is 37.2 Å².